The van der Waals surface area contributed by atoms with Crippen molar-refractivity contribution in [3.8, 4) is 0 Å². The van der Waals surface area contributed by atoms with Crippen LogP contribution in [0.15, 0.2) is 57.7 Å². The zero-order chi connectivity index (χ0) is 37.0. The van der Waals surface area contributed by atoms with Gasteiger partial charge >= 0.3 is 17.5 Å². The number of rotatable bonds is 0. The van der Waals surface area contributed by atoms with E-state index >= 15 is 0 Å². The molecule has 10 nitrogen and oxygen atoms in total. The summed E-state index contributed by atoms with van der Waals surface area (Å²) in [6.45, 7) is 13.6. The first-order valence-electron chi connectivity index (χ1n) is 18.4. The maximum absolute atomic E-state index is 12.8. The van der Waals surface area contributed by atoms with E-state index in [4.69, 9.17) is 16.3 Å². The van der Waals surface area contributed by atoms with Crippen LogP contribution in [0.2, 0.25) is 0 Å². The van der Waals surface area contributed by atoms with Gasteiger partial charge in [-0.15, -0.1) is 0 Å². The van der Waals surface area contributed by atoms with E-state index in [0.29, 0.717) is 19.6 Å². The van der Waals surface area contributed by atoms with Crippen LogP contribution >= 0.6 is 43.5 Å². The molecule has 0 unspecified atom stereocenters. The summed E-state index contributed by atoms with van der Waals surface area (Å²) in [4.78, 5) is 43.1. The lowest BCUT2D eigenvalue weighted by Crippen LogP contribution is -2.45. The van der Waals surface area contributed by atoms with Crippen molar-refractivity contribution < 1.29 is 19.1 Å². The molecule has 2 aromatic carbocycles. The van der Waals surface area contributed by atoms with Gasteiger partial charge in [-0.05, 0) is 118 Å². The molecule has 4 aromatic rings. The lowest BCUT2D eigenvalue weighted by atomic mass is 10.1. The van der Waals surface area contributed by atoms with Gasteiger partial charge in [0.1, 0.15) is 5.60 Å². The van der Waals surface area contributed by atoms with Gasteiger partial charge in [-0.25, -0.2) is 9.59 Å². The summed E-state index contributed by atoms with van der Waals surface area (Å²) in [6, 6.07) is 13.0. The minimum Gasteiger partial charge on any atom is -0.444 e. The molecule has 0 atom stereocenters. The Balaban J connectivity index is 0.000000145. The van der Waals surface area contributed by atoms with Crippen LogP contribution in [-0.2, 0) is 30.9 Å². The minimum atomic E-state index is -0.467. The highest BCUT2D eigenvalue weighted by atomic mass is 79.9. The molecular weight excluding hydrogens is 812 g/mol. The van der Waals surface area contributed by atoms with Crippen molar-refractivity contribution in [3.05, 3.63) is 68.9 Å². The van der Waals surface area contributed by atoms with E-state index in [1.54, 1.807) is 9.80 Å². The van der Waals surface area contributed by atoms with Crippen molar-refractivity contribution in [1.82, 2.24) is 28.7 Å². The van der Waals surface area contributed by atoms with E-state index in [0.717, 1.165) is 86.0 Å². The second-order valence-corrected chi connectivity index (χ2v) is 17.1. The van der Waals surface area contributed by atoms with Crippen molar-refractivity contribution in [2.24, 2.45) is 0 Å². The van der Waals surface area contributed by atoms with Crippen LogP contribution < -0.4 is 0 Å². The van der Waals surface area contributed by atoms with Gasteiger partial charge in [0, 0.05) is 91.0 Å². The number of nitrogens with zero attached hydrogens (tertiary/aromatic N) is 6. The van der Waals surface area contributed by atoms with E-state index in [-0.39, 0.29) is 17.5 Å². The van der Waals surface area contributed by atoms with Gasteiger partial charge < -0.3 is 33.5 Å². The van der Waals surface area contributed by atoms with Crippen LogP contribution in [0.1, 0.15) is 70.4 Å². The molecule has 0 bridgehead atoms. The number of benzene rings is 2. The van der Waals surface area contributed by atoms with Gasteiger partial charge in [-0.1, -0.05) is 31.9 Å². The highest BCUT2D eigenvalue weighted by Gasteiger charge is 2.27. The van der Waals surface area contributed by atoms with E-state index in [2.05, 4.69) is 89.8 Å². The molecule has 0 spiro atoms. The van der Waals surface area contributed by atoms with E-state index in [1.807, 2.05) is 30.6 Å². The molecule has 0 N–H and O–H groups in total. The highest BCUT2D eigenvalue weighted by Crippen LogP contribution is 2.30. The van der Waals surface area contributed by atoms with Crippen LogP contribution in [0.25, 0.3) is 21.8 Å². The van der Waals surface area contributed by atoms with Crippen molar-refractivity contribution in [1.29, 1.82) is 0 Å². The Labute approximate surface area is 328 Å². The van der Waals surface area contributed by atoms with Crippen LogP contribution in [0.3, 0.4) is 0 Å². The number of hydrogen-bond acceptors (Lipinski definition) is 4. The molecule has 0 radical (unpaired) electrons. The standard InChI is InChI=1S/C17H20BrN3O.C16H19BrN2O2.C6H10ClNO/c18-15-10-13-4-7-19-8-9-21(12-14(11-15)16(13)19)17(22)20-5-2-1-3-6-20;1-16(2,3)21-15(20)19-7-6-18-5-4-11-8-13(17)9-12(10-19)14(11)18;7-6(9)8-4-2-1-3-5-8/h4,7,10-11H,1-3,5-6,8-9,12H2;4-5,8-9H,6-7,10H2,1-3H3;1-5H2. The van der Waals surface area contributed by atoms with Crippen LogP contribution in [-0.4, -0.2) is 91.1 Å². The molecular formula is C39H49Br2ClN6O4. The zero-order valence-electron chi connectivity index (χ0n) is 30.4. The third-order valence-corrected chi connectivity index (χ3v) is 11.1. The Morgan fingerprint density at radius 2 is 1.08 bits per heavy atom. The molecule has 4 aliphatic rings. The number of urea groups is 1. The summed E-state index contributed by atoms with van der Waals surface area (Å²) in [7, 11) is 0. The first-order chi connectivity index (χ1) is 24.9. The third kappa shape index (κ3) is 9.46. The number of ether oxygens (including phenoxy) is 1. The van der Waals surface area contributed by atoms with Crippen molar-refractivity contribution in [2.75, 3.05) is 39.3 Å². The number of carbonyl (C=O) groups is 3. The van der Waals surface area contributed by atoms with E-state index < -0.39 is 5.60 Å². The number of carbonyl (C=O) groups excluding carboxylic acids is 3. The Hall–Kier alpha value is -3.22. The predicted molar refractivity (Wildman–Crippen MR) is 214 cm³/mol. The van der Waals surface area contributed by atoms with Crippen LogP contribution in [0.4, 0.5) is 14.4 Å². The second kappa shape index (κ2) is 16.8. The quantitative estimate of drug-likeness (QED) is 0.130. The Morgan fingerprint density at radius 1 is 0.615 bits per heavy atom. The SMILES string of the molecule is CC(C)(C)OC(=O)N1CCn2ccc3cc(Br)cc(c32)C1.O=C(Cl)N1CCCCC1.O=C(N1CCCCC1)N1CCn2ccc3cc(Br)cc(c32)C1. The van der Waals surface area contributed by atoms with E-state index in [9.17, 15) is 14.4 Å². The first-order valence-corrected chi connectivity index (χ1v) is 20.3. The van der Waals surface area contributed by atoms with Gasteiger partial charge in [-0.2, -0.15) is 0 Å². The van der Waals surface area contributed by atoms with E-state index in [1.165, 1.54) is 40.2 Å². The molecule has 2 aromatic heterocycles. The molecule has 8 rings (SSSR count). The van der Waals surface area contributed by atoms with Crippen molar-refractivity contribution in [2.45, 2.75) is 91.1 Å². The number of aromatic nitrogens is 2. The lowest BCUT2D eigenvalue weighted by Gasteiger charge is -2.32. The van der Waals surface area contributed by atoms with Crippen molar-refractivity contribution in [3.63, 3.8) is 0 Å². The summed E-state index contributed by atoms with van der Waals surface area (Å²) < 4.78 is 12.1. The average molecular weight is 861 g/mol. The predicted octanol–water partition coefficient (Wildman–Crippen LogP) is 9.81. The Bertz CT molecular complexity index is 1910. The third-order valence-electron chi connectivity index (χ3n) is 9.91. The second-order valence-electron chi connectivity index (χ2n) is 15.0. The Morgan fingerprint density at radius 3 is 1.54 bits per heavy atom. The Kier molecular flexibility index (Phi) is 12.5. The molecule has 0 saturated carbocycles. The molecule has 6 heterocycles. The molecule has 13 heteroatoms. The maximum atomic E-state index is 12.8. The minimum absolute atomic E-state index is 0.207. The smallest absolute Gasteiger partial charge is 0.410 e. The zero-order valence-corrected chi connectivity index (χ0v) is 34.3. The van der Waals surface area contributed by atoms with Gasteiger partial charge in [0.2, 0.25) is 0 Å². The monoisotopic (exact) mass is 858 g/mol. The number of amides is 4. The van der Waals surface area contributed by atoms with Crippen LogP contribution in [0.5, 0.6) is 0 Å². The van der Waals surface area contributed by atoms with Gasteiger partial charge in [0.05, 0.1) is 17.6 Å². The van der Waals surface area contributed by atoms with Crippen LogP contribution in [0, 0.1) is 0 Å². The molecule has 52 heavy (non-hydrogen) atoms. The average Bonchev–Trinajstić information content (AvgIpc) is 3.59. The summed E-state index contributed by atoms with van der Waals surface area (Å²) in [6.07, 6.45) is 11.0. The molecule has 4 amide bonds. The number of halogens is 3. The van der Waals surface area contributed by atoms with Gasteiger partial charge in [-0.3, -0.25) is 4.79 Å². The molecule has 2 fully saturated rings. The number of likely N-dealkylation sites (tertiary alicyclic amines) is 2. The first kappa shape index (κ1) is 38.5. The fraction of sp³-hybridized carbons (Fsp3) is 0.513. The summed E-state index contributed by atoms with van der Waals surface area (Å²) >= 11 is 12.4. The maximum Gasteiger partial charge on any atom is 0.410 e. The summed E-state index contributed by atoms with van der Waals surface area (Å²) in [5.41, 5.74) is 4.40. The van der Waals surface area contributed by atoms with Gasteiger partial charge in [0.25, 0.3) is 0 Å². The molecule has 280 valence electrons. The summed E-state index contributed by atoms with van der Waals surface area (Å²) in [5, 5.41) is 2.15. The molecule has 0 aliphatic carbocycles. The topological polar surface area (TPSA) is 83.3 Å². The number of hydrogen-bond donors (Lipinski definition) is 0. The van der Waals surface area contributed by atoms with Crippen molar-refractivity contribution >= 4 is 82.8 Å². The normalized spacial score (nSPS) is 17.4. The molecule has 2 saturated heterocycles. The molecule has 4 aliphatic heterocycles. The fourth-order valence-electron chi connectivity index (χ4n) is 7.44. The largest absolute Gasteiger partial charge is 0.444 e. The lowest BCUT2D eigenvalue weighted by molar-refractivity contribution is 0.0232. The van der Waals surface area contributed by atoms with Gasteiger partial charge in [0.15, 0.2) is 0 Å². The summed E-state index contributed by atoms with van der Waals surface area (Å²) in [5.74, 6) is 0. The number of piperidine rings is 2. The fourth-order valence-corrected chi connectivity index (χ4v) is 8.66. The highest BCUT2D eigenvalue weighted by molar-refractivity contribution is 9.10.